The number of nitrogens with zero attached hydrogens (tertiary/aromatic N) is 3. The Kier molecular flexibility index (Phi) is 8.57. The number of benzene rings is 2. The van der Waals surface area contributed by atoms with Gasteiger partial charge in [0.2, 0.25) is 11.8 Å². The molecule has 0 N–H and O–H groups in total. The van der Waals surface area contributed by atoms with E-state index in [9.17, 15) is 9.59 Å². The molecule has 7 heteroatoms. The highest BCUT2D eigenvalue weighted by molar-refractivity contribution is 7.10. The molecule has 0 saturated carbocycles. The van der Waals surface area contributed by atoms with Crippen LogP contribution in [0.3, 0.4) is 0 Å². The summed E-state index contributed by atoms with van der Waals surface area (Å²) in [7, 11) is 0. The van der Waals surface area contributed by atoms with E-state index in [1.807, 2.05) is 51.5 Å². The monoisotopic (exact) mass is 531 g/mol. The fraction of sp³-hybridized carbons (Fsp3) is 0.419. The van der Waals surface area contributed by atoms with E-state index in [0.29, 0.717) is 32.8 Å². The number of amides is 2. The molecule has 0 unspecified atom stereocenters. The summed E-state index contributed by atoms with van der Waals surface area (Å²) in [6.07, 6.45) is 1.75. The number of fused-ring (bicyclic) bond motifs is 1. The highest BCUT2D eigenvalue weighted by Crippen LogP contribution is 2.40. The Balaban J connectivity index is 1.22. The van der Waals surface area contributed by atoms with Crippen molar-refractivity contribution in [2.45, 2.75) is 45.4 Å². The normalized spacial score (nSPS) is 19.1. The number of aryl methyl sites for hydroxylation is 1. The molecule has 2 aliphatic heterocycles. The third kappa shape index (κ3) is 5.85. The first-order chi connectivity index (χ1) is 18.5. The van der Waals surface area contributed by atoms with E-state index in [-0.39, 0.29) is 30.5 Å². The second-order valence-corrected chi connectivity index (χ2v) is 11.3. The maximum atomic E-state index is 13.8. The summed E-state index contributed by atoms with van der Waals surface area (Å²) in [6, 6.07) is 20.5. The number of ether oxygens (including phenoxy) is 1. The van der Waals surface area contributed by atoms with Gasteiger partial charge in [-0.05, 0) is 60.4 Å². The summed E-state index contributed by atoms with van der Waals surface area (Å²) in [6.45, 7) is 7.98. The van der Waals surface area contributed by atoms with Crippen LogP contribution in [0, 0.1) is 6.92 Å². The van der Waals surface area contributed by atoms with E-state index in [0.717, 1.165) is 24.9 Å². The molecule has 6 nitrogen and oxygen atoms in total. The fourth-order valence-corrected chi connectivity index (χ4v) is 6.61. The van der Waals surface area contributed by atoms with E-state index >= 15 is 0 Å². The van der Waals surface area contributed by atoms with Crippen molar-refractivity contribution in [3.63, 3.8) is 0 Å². The molecule has 2 atom stereocenters. The van der Waals surface area contributed by atoms with Gasteiger partial charge < -0.3 is 14.5 Å². The van der Waals surface area contributed by atoms with Crippen molar-refractivity contribution in [3.8, 4) is 0 Å². The lowest BCUT2D eigenvalue weighted by Crippen LogP contribution is -2.51. The van der Waals surface area contributed by atoms with Gasteiger partial charge in [0.15, 0.2) is 0 Å². The van der Waals surface area contributed by atoms with Crippen LogP contribution in [-0.4, -0.2) is 71.9 Å². The first kappa shape index (κ1) is 26.6. The third-order valence-corrected chi connectivity index (χ3v) is 8.83. The maximum absolute atomic E-state index is 13.8. The van der Waals surface area contributed by atoms with Gasteiger partial charge >= 0.3 is 0 Å². The molecular formula is C31H37N3O3S. The Morgan fingerprint density at radius 1 is 0.921 bits per heavy atom. The summed E-state index contributed by atoms with van der Waals surface area (Å²) in [5.74, 6) is 0.140. The van der Waals surface area contributed by atoms with Crippen molar-refractivity contribution >= 4 is 23.2 Å². The Morgan fingerprint density at radius 3 is 2.47 bits per heavy atom. The second kappa shape index (κ2) is 12.2. The lowest BCUT2D eigenvalue weighted by atomic mass is 9.89. The van der Waals surface area contributed by atoms with Crippen LogP contribution >= 0.6 is 11.3 Å². The van der Waals surface area contributed by atoms with Crippen molar-refractivity contribution < 1.29 is 14.3 Å². The molecule has 1 aromatic heterocycles. The largest absolute Gasteiger partial charge is 0.367 e. The lowest BCUT2D eigenvalue weighted by molar-refractivity contribution is -0.139. The van der Waals surface area contributed by atoms with Crippen LogP contribution in [0.15, 0.2) is 66.0 Å². The number of hydrogen-bond acceptors (Lipinski definition) is 5. The summed E-state index contributed by atoms with van der Waals surface area (Å²) in [4.78, 5) is 34.2. The predicted octanol–water partition coefficient (Wildman–Crippen LogP) is 4.67. The van der Waals surface area contributed by atoms with Gasteiger partial charge in [-0.1, -0.05) is 54.6 Å². The molecule has 1 fully saturated rings. The molecule has 2 aliphatic rings. The van der Waals surface area contributed by atoms with Crippen molar-refractivity contribution in [2.24, 2.45) is 0 Å². The summed E-state index contributed by atoms with van der Waals surface area (Å²) >= 11 is 1.82. The van der Waals surface area contributed by atoms with Gasteiger partial charge in [0.25, 0.3) is 0 Å². The summed E-state index contributed by atoms with van der Waals surface area (Å²) in [5, 5.41) is 2.18. The Bertz CT molecular complexity index is 1240. The topological polar surface area (TPSA) is 53.1 Å². The lowest BCUT2D eigenvalue weighted by Gasteiger charge is -2.41. The zero-order valence-corrected chi connectivity index (χ0v) is 23.2. The van der Waals surface area contributed by atoms with Gasteiger partial charge in [0.05, 0.1) is 18.7 Å². The van der Waals surface area contributed by atoms with Crippen molar-refractivity contribution in [3.05, 3.63) is 93.2 Å². The molecule has 2 amide bonds. The van der Waals surface area contributed by atoms with Crippen LogP contribution in [-0.2, 0) is 27.4 Å². The number of rotatable bonds is 7. The molecular weight excluding hydrogens is 494 g/mol. The van der Waals surface area contributed by atoms with Crippen LogP contribution in [0.4, 0.5) is 0 Å². The van der Waals surface area contributed by atoms with E-state index in [4.69, 9.17) is 4.74 Å². The molecule has 3 heterocycles. The average Bonchev–Trinajstić information content (AvgIpc) is 3.28. The van der Waals surface area contributed by atoms with Crippen LogP contribution in [0.25, 0.3) is 0 Å². The minimum absolute atomic E-state index is 0.0103. The van der Waals surface area contributed by atoms with E-state index < -0.39 is 0 Å². The predicted molar refractivity (Wildman–Crippen MR) is 151 cm³/mol. The van der Waals surface area contributed by atoms with Crippen LogP contribution < -0.4 is 0 Å². The molecule has 3 aromatic rings. The first-order valence-corrected chi connectivity index (χ1v) is 14.5. The van der Waals surface area contributed by atoms with Crippen LogP contribution in [0.1, 0.15) is 46.5 Å². The molecule has 0 spiro atoms. The number of thiophene rings is 1. The van der Waals surface area contributed by atoms with Gasteiger partial charge in [-0.25, -0.2) is 0 Å². The second-order valence-electron chi connectivity index (χ2n) is 10.3. The minimum atomic E-state index is -0.246. The molecule has 38 heavy (non-hydrogen) atoms. The van der Waals surface area contributed by atoms with Gasteiger partial charge in [0.1, 0.15) is 6.61 Å². The third-order valence-electron chi connectivity index (χ3n) is 7.84. The quantitative estimate of drug-likeness (QED) is 0.445. The zero-order chi connectivity index (χ0) is 26.5. The molecule has 0 bridgehead atoms. The zero-order valence-electron chi connectivity index (χ0n) is 22.3. The Hall–Kier alpha value is -3.00. The van der Waals surface area contributed by atoms with Crippen molar-refractivity contribution in [1.29, 1.82) is 0 Å². The summed E-state index contributed by atoms with van der Waals surface area (Å²) in [5.41, 5.74) is 4.91. The number of hydrogen-bond donors (Lipinski definition) is 0. The van der Waals surface area contributed by atoms with Crippen LogP contribution in [0.5, 0.6) is 0 Å². The molecule has 0 radical (unpaired) electrons. The van der Waals surface area contributed by atoms with Crippen molar-refractivity contribution in [1.82, 2.24) is 14.7 Å². The molecule has 0 aliphatic carbocycles. The standard InChI is InChI=1S/C31H37N3O3S/c1-23-9-6-7-12-26(23)30-27-14-20-38-28(27)13-17-34(30)24(2)31(36)33-16-8-15-32(18-19-33)29(35)22-37-21-25-10-4-3-5-11-25/h3-7,9-12,14,20,24,30H,8,13,15-19,21-22H2,1-2H3/t24-,30-/m1/s1. The number of carbonyl (C=O) groups excluding carboxylic acids is 2. The van der Waals surface area contributed by atoms with E-state index in [2.05, 4.69) is 54.5 Å². The highest BCUT2D eigenvalue weighted by atomic mass is 32.1. The molecule has 200 valence electrons. The molecule has 2 aromatic carbocycles. The minimum Gasteiger partial charge on any atom is -0.367 e. The van der Waals surface area contributed by atoms with E-state index in [1.54, 1.807) is 0 Å². The fourth-order valence-electron chi connectivity index (χ4n) is 5.71. The summed E-state index contributed by atoms with van der Waals surface area (Å²) < 4.78 is 5.68. The Labute approximate surface area is 229 Å². The van der Waals surface area contributed by atoms with Gasteiger partial charge in [0, 0.05) is 37.6 Å². The van der Waals surface area contributed by atoms with Crippen molar-refractivity contribution in [2.75, 3.05) is 39.3 Å². The number of carbonyl (C=O) groups is 2. The smallest absolute Gasteiger partial charge is 0.248 e. The van der Waals surface area contributed by atoms with Gasteiger partial charge in [-0.3, -0.25) is 14.5 Å². The highest BCUT2D eigenvalue weighted by Gasteiger charge is 2.37. The van der Waals surface area contributed by atoms with Crippen LogP contribution in [0.2, 0.25) is 0 Å². The molecule has 5 rings (SSSR count). The molecule has 1 saturated heterocycles. The first-order valence-electron chi connectivity index (χ1n) is 13.6. The Morgan fingerprint density at radius 2 is 1.66 bits per heavy atom. The average molecular weight is 532 g/mol. The SMILES string of the molecule is Cc1ccccc1[C@@H]1c2ccsc2CCN1[C@H](C)C(=O)N1CCCN(C(=O)COCc2ccccc2)CC1. The van der Waals surface area contributed by atoms with Gasteiger partial charge in [-0.15, -0.1) is 11.3 Å². The van der Waals surface area contributed by atoms with E-state index in [1.165, 1.54) is 21.6 Å². The maximum Gasteiger partial charge on any atom is 0.248 e. The van der Waals surface area contributed by atoms with Gasteiger partial charge in [-0.2, -0.15) is 0 Å².